The van der Waals surface area contributed by atoms with Crippen LogP contribution < -0.4 is 10.0 Å². The van der Waals surface area contributed by atoms with Crippen LogP contribution in [-0.2, 0) is 19.6 Å². The Morgan fingerprint density at radius 1 is 1.36 bits per heavy atom. The number of amides is 1. The standard InChI is InChI=1S/C12H17N3O6S/c1-6-9(8(3)21-14-6)22(19,20)15-7(2)10(16)13-12(4-5-12)11(17)18/h7,15H,4-5H2,1-3H3,(H,13,16)(H,17,18). The molecule has 1 saturated carbocycles. The van der Waals surface area contributed by atoms with Crippen LogP contribution in [-0.4, -0.2) is 42.1 Å². The summed E-state index contributed by atoms with van der Waals surface area (Å²) >= 11 is 0. The van der Waals surface area contributed by atoms with Gasteiger partial charge in [-0.2, -0.15) is 4.72 Å². The molecule has 22 heavy (non-hydrogen) atoms. The van der Waals surface area contributed by atoms with Gasteiger partial charge in [0.25, 0.3) is 0 Å². The van der Waals surface area contributed by atoms with E-state index in [1.54, 1.807) is 0 Å². The number of hydrogen-bond acceptors (Lipinski definition) is 6. The second-order valence-electron chi connectivity index (χ2n) is 5.37. The van der Waals surface area contributed by atoms with Crippen LogP contribution in [0.4, 0.5) is 0 Å². The van der Waals surface area contributed by atoms with Crippen molar-refractivity contribution in [3.63, 3.8) is 0 Å². The smallest absolute Gasteiger partial charge is 0.329 e. The molecule has 122 valence electrons. The summed E-state index contributed by atoms with van der Waals surface area (Å²) in [5.41, 5.74) is -1.08. The molecule has 1 unspecified atom stereocenters. The van der Waals surface area contributed by atoms with E-state index in [1.807, 2.05) is 0 Å². The summed E-state index contributed by atoms with van der Waals surface area (Å²) in [6, 6.07) is -1.13. The summed E-state index contributed by atoms with van der Waals surface area (Å²) in [6.07, 6.45) is 0.662. The second kappa shape index (κ2) is 5.36. The molecule has 0 aromatic carbocycles. The summed E-state index contributed by atoms with van der Waals surface area (Å²) < 4.78 is 31.5. The molecule has 1 amide bonds. The van der Waals surface area contributed by atoms with E-state index in [9.17, 15) is 18.0 Å². The van der Waals surface area contributed by atoms with Gasteiger partial charge in [0.15, 0.2) is 5.76 Å². The SMILES string of the molecule is Cc1noc(C)c1S(=O)(=O)NC(C)C(=O)NC1(C(=O)O)CC1. The number of aliphatic carboxylic acids is 1. The van der Waals surface area contributed by atoms with E-state index >= 15 is 0 Å². The van der Waals surface area contributed by atoms with Crippen molar-refractivity contribution in [1.29, 1.82) is 0 Å². The molecule has 1 aliphatic rings. The lowest BCUT2D eigenvalue weighted by Crippen LogP contribution is -2.51. The van der Waals surface area contributed by atoms with E-state index < -0.39 is 33.5 Å². The number of nitrogens with one attached hydrogen (secondary N) is 2. The molecule has 1 aromatic heterocycles. The highest BCUT2D eigenvalue weighted by Crippen LogP contribution is 2.35. The van der Waals surface area contributed by atoms with Gasteiger partial charge in [0.2, 0.25) is 15.9 Å². The van der Waals surface area contributed by atoms with E-state index in [-0.39, 0.29) is 16.3 Å². The molecule has 2 rings (SSSR count). The number of sulfonamides is 1. The van der Waals surface area contributed by atoms with Crippen LogP contribution in [0.1, 0.15) is 31.2 Å². The highest BCUT2D eigenvalue weighted by molar-refractivity contribution is 7.89. The Hall–Kier alpha value is -1.94. The van der Waals surface area contributed by atoms with Crippen LogP contribution in [0.2, 0.25) is 0 Å². The average Bonchev–Trinajstić information content (AvgIpc) is 3.08. The van der Waals surface area contributed by atoms with E-state index in [2.05, 4.69) is 15.2 Å². The number of hydrogen-bond donors (Lipinski definition) is 3. The zero-order chi connectivity index (χ0) is 16.7. The molecule has 1 aromatic rings. The summed E-state index contributed by atoms with van der Waals surface area (Å²) in [7, 11) is -3.99. The van der Waals surface area contributed by atoms with Crippen molar-refractivity contribution >= 4 is 21.9 Å². The van der Waals surface area contributed by atoms with Gasteiger partial charge in [-0.15, -0.1) is 0 Å². The van der Waals surface area contributed by atoms with Gasteiger partial charge in [0.05, 0.1) is 6.04 Å². The van der Waals surface area contributed by atoms with E-state index in [1.165, 1.54) is 20.8 Å². The third-order valence-corrected chi connectivity index (χ3v) is 5.27. The number of aryl methyl sites for hydroxylation is 2. The van der Waals surface area contributed by atoms with E-state index in [4.69, 9.17) is 9.63 Å². The Morgan fingerprint density at radius 2 is 1.95 bits per heavy atom. The number of carboxylic acids is 1. The number of carbonyl (C=O) groups is 2. The minimum Gasteiger partial charge on any atom is -0.480 e. The highest BCUT2D eigenvalue weighted by Gasteiger charge is 2.52. The fraction of sp³-hybridized carbons (Fsp3) is 0.583. The lowest BCUT2D eigenvalue weighted by atomic mass is 10.2. The predicted molar refractivity (Wildman–Crippen MR) is 73.5 cm³/mol. The summed E-state index contributed by atoms with van der Waals surface area (Å²) in [4.78, 5) is 22.9. The maximum Gasteiger partial charge on any atom is 0.329 e. The van der Waals surface area contributed by atoms with Crippen molar-refractivity contribution in [2.75, 3.05) is 0 Å². The van der Waals surface area contributed by atoms with Gasteiger partial charge in [-0.3, -0.25) is 4.79 Å². The maximum atomic E-state index is 12.3. The normalized spacial score (nSPS) is 17.8. The number of aromatic nitrogens is 1. The first-order valence-corrected chi connectivity index (χ1v) is 8.08. The first kappa shape index (κ1) is 16.4. The highest BCUT2D eigenvalue weighted by atomic mass is 32.2. The number of nitrogens with zero attached hydrogens (tertiary/aromatic N) is 1. The van der Waals surface area contributed by atoms with Crippen molar-refractivity contribution in [2.24, 2.45) is 0 Å². The third kappa shape index (κ3) is 2.97. The average molecular weight is 331 g/mol. The molecule has 0 aliphatic heterocycles. The van der Waals surface area contributed by atoms with Crippen LogP contribution in [0, 0.1) is 13.8 Å². The summed E-state index contributed by atoms with van der Waals surface area (Å²) in [6.45, 7) is 4.26. The summed E-state index contributed by atoms with van der Waals surface area (Å²) in [5.74, 6) is -1.71. The van der Waals surface area contributed by atoms with Gasteiger partial charge in [-0.25, -0.2) is 13.2 Å². The largest absolute Gasteiger partial charge is 0.480 e. The minimum absolute atomic E-state index is 0.113. The molecule has 3 N–H and O–H groups in total. The van der Waals surface area contributed by atoms with Crippen molar-refractivity contribution in [2.45, 2.75) is 50.1 Å². The van der Waals surface area contributed by atoms with E-state index in [0.717, 1.165) is 0 Å². The van der Waals surface area contributed by atoms with Crippen molar-refractivity contribution in [1.82, 2.24) is 15.2 Å². The van der Waals surface area contributed by atoms with Crippen molar-refractivity contribution < 1.29 is 27.6 Å². The Balaban J connectivity index is 2.10. The van der Waals surface area contributed by atoms with Crippen LogP contribution in [0.25, 0.3) is 0 Å². The number of carboxylic acid groups (broad SMARTS) is 1. The number of carbonyl (C=O) groups excluding carboxylic acids is 1. The Kier molecular flexibility index (Phi) is 4.00. The first-order valence-electron chi connectivity index (χ1n) is 6.60. The molecule has 0 bridgehead atoms. The van der Waals surface area contributed by atoms with Gasteiger partial charge in [0.1, 0.15) is 16.1 Å². The Labute approximate surface area is 127 Å². The molecule has 0 spiro atoms. The molecule has 1 fully saturated rings. The quantitative estimate of drug-likeness (QED) is 0.650. The molecule has 9 nitrogen and oxygen atoms in total. The van der Waals surface area contributed by atoms with Crippen molar-refractivity contribution in [3.05, 3.63) is 11.5 Å². The lowest BCUT2D eigenvalue weighted by Gasteiger charge is -2.17. The monoisotopic (exact) mass is 331 g/mol. The molecular formula is C12H17N3O6S. The molecule has 0 radical (unpaired) electrons. The molecule has 10 heteroatoms. The maximum absolute atomic E-state index is 12.3. The van der Waals surface area contributed by atoms with Gasteiger partial charge in [0, 0.05) is 0 Å². The predicted octanol–water partition coefficient (Wildman–Crippen LogP) is -0.308. The van der Waals surface area contributed by atoms with Crippen LogP contribution in [0.5, 0.6) is 0 Å². The fourth-order valence-corrected chi connectivity index (χ4v) is 3.60. The minimum atomic E-state index is -3.99. The van der Waals surface area contributed by atoms with Crippen LogP contribution >= 0.6 is 0 Å². The van der Waals surface area contributed by atoms with Gasteiger partial charge >= 0.3 is 5.97 Å². The van der Waals surface area contributed by atoms with Crippen molar-refractivity contribution in [3.8, 4) is 0 Å². The molecule has 1 aliphatic carbocycles. The van der Waals surface area contributed by atoms with Gasteiger partial charge in [-0.1, -0.05) is 5.16 Å². The molecule has 0 saturated heterocycles. The zero-order valence-corrected chi connectivity index (χ0v) is 13.2. The first-order chi connectivity index (χ1) is 10.1. The summed E-state index contributed by atoms with van der Waals surface area (Å²) in [5, 5.41) is 14.9. The Bertz CT molecular complexity index is 700. The molecule has 1 heterocycles. The third-order valence-electron chi connectivity index (χ3n) is 3.48. The molecule has 1 atom stereocenters. The topological polar surface area (TPSA) is 139 Å². The van der Waals surface area contributed by atoms with Crippen LogP contribution in [0.3, 0.4) is 0 Å². The van der Waals surface area contributed by atoms with E-state index in [0.29, 0.717) is 12.8 Å². The number of rotatable bonds is 6. The van der Waals surface area contributed by atoms with Gasteiger partial charge < -0.3 is 14.9 Å². The Morgan fingerprint density at radius 3 is 2.36 bits per heavy atom. The lowest BCUT2D eigenvalue weighted by molar-refractivity contribution is -0.143. The fourth-order valence-electron chi connectivity index (χ4n) is 2.06. The van der Waals surface area contributed by atoms with Crippen LogP contribution in [0.15, 0.2) is 9.42 Å². The zero-order valence-electron chi connectivity index (χ0n) is 12.3. The molecular weight excluding hydrogens is 314 g/mol. The second-order valence-corrected chi connectivity index (χ2v) is 7.02. The van der Waals surface area contributed by atoms with Gasteiger partial charge in [-0.05, 0) is 33.6 Å².